The highest BCUT2D eigenvalue weighted by molar-refractivity contribution is 5.45. The Balaban J connectivity index is 0.000000175. The van der Waals surface area contributed by atoms with Gasteiger partial charge in [-0.3, -0.25) is 0 Å². The van der Waals surface area contributed by atoms with Crippen LogP contribution in [0.1, 0.15) is 44.5 Å². The van der Waals surface area contributed by atoms with E-state index in [-0.39, 0.29) is 0 Å². The van der Waals surface area contributed by atoms with Gasteiger partial charge >= 0.3 is 0 Å². The van der Waals surface area contributed by atoms with E-state index < -0.39 is 0 Å². The van der Waals surface area contributed by atoms with Crippen molar-refractivity contribution >= 4 is 22.7 Å². The molecule has 0 fully saturated rings. The predicted octanol–water partition coefficient (Wildman–Crippen LogP) is 8.07. The van der Waals surface area contributed by atoms with Gasteiger partial charge in [0.2, 0.25) is 0 Å². The largest absolute Gasteiger partial charge is 0.399 e. The molecule has 0 bridgehead atoms. The van der Waals surface area contributed by atoms with Crippen molar-refractivity contribution in [3.05, 3.63) is 190 Å². The Morgan fingerprint density at radius 2 is 0.523 bits per heavy atom. The van der Waals surface area contributed by atoms with E-state index in [9.17, 15) is 0 Å². The highest BCUT2D eigenvalue weighted by Gasteiger charge is 2.02. The van der Waals surface area contributed by atoms with Gasteiger partial charge in [-0.25, -0.2) is 0 Å². The second-order valence-corrected chi connectivity index (χ2v) is 11.3. The van der Waals surface area contributed by atoms with Gasteiger partial charge in [-0.15, -0.1) is 0 Å². The van der Waals surface area contributed by atoms with Crippen LogP contribution in [0.2, 0.25) is 0 Å². The smallest absolute Gasteiger partial charge is 0.0316 e. The molecule has 6 aromatic rings. The molecular formula is C40H40N4. The molecule has 4 nitrogen and oxygen atoms in total. The van der Waals surface area contributed by atoms with Crippen LogP contribution < -0.4 is 22.9 Å². The number of hydrogen-bond donors (Lipinski definition) is 4. The molecule has 0 saturated heterocycles. The van der Waals surface area contributed by atoms with Gasteiger partial charge in [0, 0.05) is 22.7 Å². The summed E-state index contributed by atoms with van der Waals surface area (Å²) in [7, 11) is 0. The molecule has 6 rings (SSSR count). The van der Waals surface area contributed by atoms with E-state index in [0.717, 1.165) is 48.4 Å². The van der Waals surface area contributed by atoms with Crippen molar-refractivity contribution in [2.24, 2.45) is 0 Å². The summed E-state index contributed by atoms with van der Waals surface area (Å²) in [6.07, 6.45) is 3.66. The average molecular weight is 577 g/mol. The number of hydrogen-bond acceptors (Lipinski definition) is 4. The fourth-order valence-corrected chi connectivity index (χ4v) is 5.24. The molecule has 4 heteroatoms. The molecule has 0 aromatic heterocycles. The third-order valence-electron chi connectivity index (χ3n) is 7.51. The summed E-state index contributed by atoms with van der Waals surface area (Å²) in [5, 5.41) is 0. The highest BCUT2D eigenvalue weighted by atomic mass is 14.5. The van der Waals surface area contributed by atoms with Crippen molar-refractivity contribution < 1.29 is 0 Å². The molecule has 0 amide bonds. The molecule has 0 aliphatic carbocycles. The lowest BCUT2D eigenvalue weighted by molar-refractivity contribution is 1.14. The third kappa shape index (κ3) is 9.27. The van der Waals surface area contributed by atoms with Crippen LogP contribution in [-0.4, -0.2) is 0 Å². The topological polar surface area (TPSA) is 104 Å². The first-order chi connectivity index (χ1) is 21.4. The molecule has 0 heterocycles. The molecule has 0 atom stereocenters. The van der Waals surface area contributed by atoms with Crippen molar-refractivity contribution in [1.82, 2.24) is 0 Å². The van der Waals surface area contributed by atoms with Crippen molar-refractivity contribution in [2.75, 3.05) is 22.9 Å². The monoisotopic (exact) mass is 576 g/mol. The molecule has 0 spiro atoms. The van der Waals surface area contributed by atoms with Crippen LogP contribution in [0.15, 0.2) is 146 Å². The van der Waals surface area contributed by atoms with Crippen LogP contribution in [0.4, 0.5) is 22.7 Å². The molecular weight excluding hydrogens is 536 g/mol. The van der Waals surface area contributed by atoms with Crippen LogP contribution in [-0.2, 0) is 25.7 Å². The summed E-state index contributed by atoms with van der Waals surface area (Å²) < 4.78 is 0. The molecule has 0 saturated carbocycles. The fourth-order valence-electron chi connectivity index (χ4n) is 5.24. The van der Waals surface area contributed by atoms with Crippen molar-refractivity contribution in [3.63, 3.8) is 0 Å². The second-order valence-electron chi connectivity index (χ2n) is 11.3. The van der Waals surface area contributed by atoms with Crippen molar-refractivity contribution in [1.29, 1.82) is 0 Å². The van der Waals surface area contributed by atoms with Gasteiger partial charge in [-0.05, 0) is 119 Å². The van der Waals surface area contributed by atoms with Gasteiger partial charge in [0.15, 0.2) is 0 Å². The van der Waals surface area contributed by atoms with E-state index in [0.29, 0.717) is 0 Å². The molecule has 6 aromatic carbocycles. The standard InChI is InChI=1S/2C20H20N2/c21-19-9-7-15(8-10-19)11-16-3-1-4-17(12-16)13-18-5-2-6-20(22)14-18;21-19-10-8-17(9-11-19)12-15-4-6-16(7-5-15)13-18-2-1-3-20(22)14-18/h1-10,12,14H,11,13,21-22H2;1-11,14H,12-13,21-22H2. The maximum absolute atomic E-state index is 5.85. The zero-order valence-corrected chi connectivity index (χ0v) is 25.0. The first-order valence-corrected chi connectivity index (χ1v) is 14.9. The Labute approximate surface area is 261 Å². The Bertz CT molecular complexity index is 1770. The summed E-state index contributed by atoms with van der Waals surface area (Å²) in [5.41, 5.74) is 36.6. The third-order valence-corrected chi connectivity index (χ3v) is 7.51. The van der Waals surface area contributed by atoms with Crippen LogP contribution in [0.3, 0.4) is 0 Å². The SMILES string of the molecule is Nc1ccc(Cc2ccc(Cc3cccc(N)c3)cc2)cc1.Nc1ccc(Cc2cccc(Cc3cccc(N)c3)c2)cc1. The minimum atomic E-state index is 0.805. The van der Waals surface area contributed by atoms with Crippen molar-refractivity contribution in [2.45, 2.75) is 25.7 Å². The second kappa shape index (κ2) is 14.6. The maximum atomic E-state index is 5.85. The summed E-state index contributed by atoms with van der Waals surface area (Å²) in [6.45, 7) is 0. The van der Waals surface area contributed by atoms with Gasteiger partial charge in [-0.1, -0.05) is 97.1 Å². The lowest BCUT2D eigenvalue weighted by Crippen LogP contribution is -1.94. The molecule has 0 aliphatic heterocycles. The van der Waals surface area contributed by atoms with Crippen LogP contribution >= 0.6 is 0 Å². The zero-order chi connectivity index (χ0) is 30.7. The number of anilines is 4. The average Bonchev–Trinajstić information content (AvgIpc) is 3.01. The number of benzene rings is 6. The Morgan fingerprint density at radius 3 is 0.886 bits per heavy atom. The molecule has 0 aliphatic rings. The Hall–Kier alpha value is -5.48. The minimum Gasteiger partial charge on any atom is -0.399 e. The first kappa shape index (κ1) is 30.0. The lowest BCUT2D eigenvalue weighted by atomic mass is 9.99. The van der Waals surface area contributed by atoms with E-state index in [1.165, 1.54) is 44.5 Å². The summed E-state index contributed by atoms with van der Waals surface area (Å²) in [4.78, 5) is 0. The Morgan fingerprint density at radius 1 is 0.250 bits per heavy atom. The Kier molecular flexibility index (Phi) is 9.96. The molecule has 8 N–H and O–H groups in total. The molecule has 220 valence electrons. The summed E-state index contributed by atoms with van der Waals surface area (Å²) in [5.74, 6) is 0. The van der Waals surface area contributed by atoms with Crippen LogP contribution in [0.25, 0.3) is 0 Å². The predicted molar refractivity (Wildman–Crippen MR) is 188 cm³/mol. The van der Waals surface area contributed by atoms with E-state index in [4.69, 9.17) is 22.9 Å². The van der Waals surface area contributed by atoms with Crippen LogP contribution in [0, 0.1) is 0 Å². The normalized spacial score (nSPS) is 10.5. The van der Waals surface area contributed by atoms with E-state index in [1.54, 1.807) is 0 Å². The van der Waals surface area contributed by atoms with Crippen LogP contribution in [0.5, 0.6) is 0 Å². The molecule has 0 radical (unpaired) electrons. The lowest BCUT2D eigenvalue weighted by Gasteiger charge is -2.07. The quantitative estimate of drug-likeness (QED) is 0.138. The van der Waals surface area contributed by atoms with E-state index >= 15 is 0 Å². The van der Waals surface area contributed by atoms with Gasteiger partial charge in [0.25, 0.3) is 0 Å². The summed E-state index contributed by atoms with van der Waals surface area (Å²) >= 11 is 0. The molecule has 0 unspecified atom stereocenters. The summed E-state index contributed by atoms with van der Waals surface area (Å²) in [6, 6.07) is 49.7. The van der Waals surface area contributed by atoms with Crippen molar-refractivity contribution in [3.8, 4) is 0 Å². The van der Waals surface area contributed by atoms with Gasteiger partial charge < -0.3 is 22.9 Å². The number of rotatable bonds is 8. The zero-order valence-electron chi connectivity index (χ0n) is 25.0. The molecule has 44 heavy (non-hydrogen) atoms. The van der Waals surface area contributed by atoms with Gasteiger partial charge in [0.1, 0.15) is 0 Å². The minimum absolute atomic E-state index is 0.805. The maximum Gasteiger partial charge on any atom is 0.0316 e. The van der Waals surface area contributed by atoms with Gasteiger partial charge in [0.05, 0.1) is 0 Å². The number of nitrogen functional groups attached to an aromatic ring is 4. The first-order valence-electron chi connectivity index (χ1n) is 14.9. The fraction of sp³-hybridized carbons (Fsp3) is 0.100. The van der Waals surface area contributed by atoms with E-state index in [2.05, 4.69) is 84.9 Å². The number of nitrogens with two attached hydrogens (primary N) is 4. The van der Waals surface area contributed by atoms with Gasteiger partial charge in [-0.2, -0.15) is 0 Å². The highest BCUT2D eigenvalue weighted by Crippen LogP contribution is 2.18. The van der Waals surface area contributed by atoms with E-state index in [1.807, 2.05) is 60.7 Å².